The molecular formula is C52H56Cl2N2O4. The Labute approximate surface area is 367 Å². The molecule has 0 bridgehead atoms. The van der Waals surface area contributed by atoms with Gasteiger partial charge >= 0.3 is 11.9 Å². The zero-order valence-corrected chi connectivity index (χ0v) is 36.8. The van der Waals surface area contributed by atoms with Crippen molar-refractivity contribution < 1.29 is 36.0 Å². The average molecular weight is 844 g/mol. The number of ether oxygens (including phenoxy) is 2. The molecule has 1 aliphatic carbocycles. The van der Waals surface area contributed by atoms with Crippen LogP contribution in [-0.2, 0) is 20.4 Å². The van der Waals surface area contributed by atoms with Crippen LogP contribution in [0.3, 0.4) is 0 Å². The van der Waals surface area contributed by atoms with E-state index in [0.29, 0.717) is 24.3 Å². The molecule has 0 radical (unpaired) electrons. The van der Waals surface area contributed by atoms with E-state index in [1.165, 1.54) is 33.8 Å². The number of rotatable bonds is 15. The molecule has 4 aromatic carbocycles. The third-order valence-corrected chi connectivity index (χ3v) is 12.5. The highest BCUT2D eigenvalue weighted by molar-refractivity contribution is 6.30. The van der Waals surface area contributed by atoms with E-state index in [9.17, 15) is 9.59 Å². The van der Waals surface area contributed by atoms with Crippen LogP contribution in [0.4, 0.5) is 11.4 Å². The van der Waals surface area contributed by atoms with Crippen LogP contribution < -0.4 is 26.8 Å². The van der Waals surface area contributed by atoms with Crippen LogP contribution in [0.5, 0.6) is 11.5 Å². The number of anilines is 1. The summed E-state index contributed by atoms with van der Waals surface area (Å²) >= 11 is 7.32. The topological polar surface area (TPSA) is 58.8 Å². The minimum absolute atomic E-state index is 0. The van der Waals surface area contributed by atoms with Gasteiger partial charge in [0.25, 0.3) is 0 Å². The molecule has 2 heterocycles. The molecule has 0 spiro atoms. The summed E-state index contributed by atoms with van der Waals surface area (Å²) in [4.78, 5) is 27.5. The Morgan fingerprint density at radius 3 is 2.00 bits per heavy atom. The summed E-state index contributed by atoms with van der Waals surface area (Å²) in [5.41, 5.74) is 11.9. The van der Waals surface area contributed by atoms with Crippen LogP contribution in [0, 0.1) is 5.92 Å². The van der Waals surface area contributed by atoms with Gasteiger partial charge in [0.1, 0.15) is 18.0 Å². The first-order chi connectivity index (χ1) is 28.5. The Morgan fingerprint density at radius 1 is 0.750 bits per heavy atom. The molecule has 0 fully saturated rings. The molecule has 1 atom stereocenters. The fourth-order valence-corrected chi connectivity index (χ4v) is 9.12. The SMILES string of the molecule is CC1(C)C(=C=CC2CCCC(/C=C/C3=[N+](CCCCC(=O)Oc4ccccc4)c4ccccc4C3(C)C)=C2Cl)N(CCCCC(=O)Oc2ccccc2)c2ccccc21.[Cl-]. The number of nitrogens with zero attached hydrogens (tertiary/aromatic N) is 2. The Morgan fingerprint density at radius 2 is 1.33 bits per heavy atom. The van der Waals surface area contributed by atoms with Crippen LogP contribution in [0.15, 0.2) is 149 Å². The molecule has 8 heteroatoms. The molecule has 7 rings (SSSR count). The molecule has 0 aromatic heterocycles. The van der Waals surface area contributed by atoms with Gasteiger partial charge in [0, 0.05) is 65.6 Å². The summed E-state index contributed by atoms with van der Waals surface area (Å²) in [5, 5.41) is 0.884. The molecule has 3 aliphatic rings. The fourth-order valence-electron chi connectivity index (χ4n) is 8.79. The van der Waals surface area contributed by atoms with Gasteiger partial charge in [0.15, 0.2) is 5.71 Å². The van der Waals surface area contributed by atoms with E-state index < -0.39 is 0 Å². The van der Waals surface area contributed by atoms with E-state index in [1.807, 2.05) is 48.5 Å². The lowest BCUT2D eigenvalue weighted by Gasteiger charge is -2.26. The zero-order chi connectivity index (χ0) is 41.4. The second kappa shape index (κ2) is 20.0. The third-order valence-electron chi connectivity index (χ3n) is 12.0. The quantitative estimate of drug-likeness (QED) is 0.0393. The van der Waals surface area contributed by atoms with E-state index in [1.54, 1.807) is 12.1 Å². The lowest BCUT2D eigenvalue weighted by molar-refractivity contribution is -0.438. The highest BCUT2D eigenvalue weighted by Gasteiger charge is 2.44. The van der Waals surface area contributed by atoms with Crippen LogP contribution >= 0.6 is 11.6 Å². The van der Waals surface area contributed by atoms with Crippen LogP contribution in [-0.4, -0.2) is 35.3 Å². The summed E-state index contributed by atoms with van der Waals surface area (Å²) in [7, 11) is 0. The molecule has 2 aliphatic heterocycles. The van der Waals surface area contributed by atoms with Gasteiger partial charge in [0.2, 0.25) is 5.69 Å². The number of allylic oxidation sites excluding steroid dienone is 5. The maximum absolute atomic E-state index is 12.6. The molecule has 0 saturated carbocycles. The van der Waals surface area contributed by atoms with E-state index >= 15 is 0 Å². The van der Waals surface area contributed by atoms with Crippen molar-refractivity contribution in [2.24, 2.45) is 5.92 Å². The monoisotopic (exact) mass is 842 g/mol. The van der Waals surface area contributed by atoms with Crippen molar-refractivity contribution in [1.82, 2.24) is 0 Å². The summed E-state index contributed by atoms with van der Waals surface area (Å²) < 4.78 is 13.5. The van der Waals surface area contributed by atoms with Gasteiger partial charge in [-0.05, 0) is 114 Å². The first kappa shape index (κ1) is 44.4. The van der Waals surface area contributed by atoms with Crippen molar-refractivity contribution >= 4 is 40.6 Å². The predicted molar refractivity (Wildman–Crippen MR) is 239 cm³/mol. The van der Waals surface area contributed by atoms with Crippen molar-refractivity contribution in [3.63, 3.8) is 0 Å². The maximum Gasteiger partial charge on any atom is 0.311 e. The number of hydrogen-bond donors (Lipinski definition) is 0. The van der Waals surface area contributed by atoms with Gasteiger partial charge in [-0.2, -0.15) is 4.58 Å². The van der Waals surface area contributed by atoms with Gasteiger partial charge in [-0.15, -0.1) is 5.73 Å². The average Bonchev–Trinajstić information content (AvgIpc) is 3.59. The Bertz CT molecular complexity index is 2320. The van der Waals surface area contributed by atoms with E-state index in [4.69, 9.17) is 21.1 Å². The molecule has 0 amide bonds. The number of fused-ring (bicyclic) bond motifs is 2. The molecular weight excluding hydrogens is 787 g/mol. The van der Waals surface area contributed by atoms with Gasteiger partial charge < -0.3 is 26.8 Å². The number of carbonyl (C=O) groups excluding carboxylic acids is 2. The fraction of sp³-hybridized carbons (Fsp3) is 0.346. The second-order valence-corrected chi connectivity index (χ2v) is 17.2. The lowest BCUT2D eigenvalue weighted by Crippen LogP contribution is -3.00. The predicted octanol–water partition coefficient (Wildman–Crippen LogP) is 9.30. The highest BCUT2D eigenvalue weighted by Crippen LogP contribution is 2.48. The highest BCUT2D eigenvalue weighted by atomic mass is 35.5. The van der Waals surface area contributed by atoms with Crippen molar-refractivity contribution in [2.75, 3.05) is 18.0 Å². The molecule has 6 nitrogen and oxygen atoms in total. The normalized spacial score (nSPS) is 17.5. The summed E-state index contributed by atoms with van der Waals surface area (Å²) in [6.45, 7) is 10.7. The lowest BCUT2D eigenvalue weighted by atomic mass is 9.81. The number of para-hydroxylation sites is 4. The number of esters is 2. The van der Waals surface area contributed by atoms with Crippen LogP contribution in [0.25, 0.3) is 0 Å². The van der Waals surface area contributed by atoms with Crippen molar-refractivity contribution in [2.45, 2.75) is 96.3 Å². The van der Waals surface area contributed by atoms with E-state index in [-0.39, 0.29) is 41.1 Å². The van der Waals surface area contributed by atoms with Gasteiger partial charge in [-0.25, -0.2) is 0 Å². The number of halogens is 2. The van der Waals surface area contributed by atoms with E-state index in [2.05, 4.69) is 110 Å². The molecule has 4 aromatic rings. The number of benzene rings is 4. The largest absolute Gasteiger partial charge is 1.00 e. The maximum atomic E-state index is 12.6. The minimum Gasteiger partial charge on any atom is -1.00 e. The molecule has 60 heavy (non-hydrogen) atoms. The van der Waals surface area contributed by atoms with E-state index in [0.717, 1.165) is 68.8 Å². The first-order valence-corrected chi connectivity index (χ1v) is 21.6. The van der Waals surface area contributed by atoms with Crippen molar-refractivity contribution in [1.29, 1.82) is 0 Å². The third kappa shape index (κ3) is 10.1. The summed E-state index contributed by atoms with van der Waals surface area (Å²) in [5.74, 6) is 0.826. The van der Waals surface area contributed by atoms with Crippen molar-refractivity contribution in [3.8, 4) is 11.5 Å². The Balaban J connectivity index is 0.00000604. The van der Waals surface area contributed by atoms with Crippen LogP contribution in [0.1, 0.15) is 96.6 Å². The molecule has 312 valence electrons. The second-order valence-electron chi connectivity index (χ2n) is 16.8. The summed E-state index contributed by atoms with van der Waals surface area (Å²) in [6.07, 6.45) is 13.6. The molecule has 1 unspecified atom stereocenters. The van der Waals surface area contributed by atoms with Gasteiger partial charge in [-0.1, -0.05) is 90.5 Å². The standard InChI is InChI=1S/C52H56ClN2O4.ClH/c1-51(2)42-26-11-13-28-44(42)54(36-17-15-30-48(56)58-40-22-7-5-8-23-40)46(51)34-32-38-20-19-21-39(50(38)53)33-35-47-52(3,4)43-27-12-14-29-45(43)55(47)37-18-16-31-49(57)59-41-24-9-6-10-25-41;/h5-14,22-29,32-34,39H,15-21,30-31,36-37H2,1-4H3;1H/q+1;/p-1/b34-32+;. The zero-order valence-electron chi connectivity index (χ0n) is 35.3. The molecule has 0 N–H and O–H groups in total. The Hall–Kier alpha value is -5.13. The minimum atomic E-state index is -0.238. The van der Waals surface area contributed by atoms with Crippen molar-refractivity contribution in [3.05, 3.63) is 161 Å². The van der Waals surface area contributed by atoms with Gasteiger partial charge in [0.05, 0.1) is 11.1 Å². The number of carbonyl (C=O) groups is 2. The number of hydrogen-bond acceptors (Lipinski definition) is 5. The molecule has 0 saturated heterocycles. The number of unbranched alkanes of at least 4 members (excludes halogenated alkanes) is 2. The smallest absolute Gasteiger partial charge is 0.311 e. The van der Waals surface area contributed by atoms with Crippen LogP contribution in [0.2, 0.25) is 0 Å². The van der Waals surface area contributed by atoms with Gasteiger partial charge in [-0.3, -0.25) is 9.59 Å². The first-order valence-electron chi connectivity index (χ1n) is 21.2. The Kier molecular flexibility index (Phi) is 14.8. The summed E-state index contributed by atoms with van der Waals surface area (Å²) in [6, 6.07) is 35.8.